The Bertz CT molecular complexity index is 1180. The molecule has 0 spiro atoms. The lowest BCUT2D eigenvalue weighted by molar-refractivity contribution is -0.142. The summed E-state index contributed by atoms with van der Waals surface area (Å²) in [6.45, 7) is 3.21. The molecule has 0 bridgehead atoms. The standard InChI is InChI=1S/C24H25NO7/c1-4-5-19(24(28)29)25-21(26)13-31-20-11-10-17-18(12-22(27)32-23(17)14(20)2)15-6-8-16(30-3)9-7-15/h6-12,19H,4-5,13H2,1-3H3,(H,25,26)(H,28,29). The molecule has 0 saturated carbocycles. The Morgan fingerprint density at radius 2 is 1.88 bits per heavy atom. The molecule has 0 fully saturated rings. The van der Waals surface area contributed by atoms with Gasteiger partial charge in [0.05, 0.1) is 7.11 Å². The molecular formula is C24H25NO7. The Morgan fingerprint density at radius 1 is 1.16 bits per heavy atom. The number of nitrogens with one attached hydrogen (secondary N) is 1. The number of benzene rings is 2. The third-order valence-electron chi connectivity index (χ3n) is 5.08. The van der Waals surface area contributed by atoms with Crippen LogP contribution in [0.1, 0.15) is 25.3 Å². The summed E-state index contributed by atoms with van der Waals surface area (Å²) in [6, 6.07) is 11.2. The summed E-state index contributed by atoms with van der Waals surface area (Å²) in [5.74, 6) is -0.561. The number of carboxylic acids is 1. The van der Waals surface area contributed by atoms with E-state index in [1.165, 1.54) is 6.07 Å². The maximum atomic E-state index is 12.2. The number of carbonyl (C=O) groups excluding carboxylic acids is 1. The highest BCUT2D eigenvalue weighted by atomic mass is 16.5. The van der Waals surface area contributed by atoms with E-state index in [4.69, 9.17) is 13.9 Å². The molecule has 1 unspecified atom stereocenters. The number of aliphatic carboxylic acids is 1. The first-order valence-corrected chi connectivity index (χ1v) is 10.2. The third-order valence-corrected chi connectivity index (χ3v) is 5.08. The van der Waals surface area contributed by atoms with Crippen molar-refractivity contribution in [1.82, 2.24) is 5.32 Å². The first-order chi connectivity index (χ1) is 15.3. The second-order valence-corrected chi connectivity index (χ2v) is 7.31. The van der Waals surface area contributed by atoms with Gasteiger partial charge in [-0.3, -0.25) is 4.79 Å². The highest BCUT2D eigenvalue weighted by Gasteiger charge is 2.19. The largest absolute Gasteiger partial charge is 0.497 e. The van der Waals surface area contributed by atoms with Crippen LogP contribution in [0.5, 0.6) is 11.5 Å². The van der Waals surface area contributed by atoms with Crippen molar-refractivity contribution in [3.05, 3.63) is 58.4 Å². The molecule has 8 nitrogen and oxygen atoms in total. The quantitative estimate of drug-likeness (QED) is 0.490. The molecule has 8 heteroatoms. The van der Waals surface area contributed by atoms with Gasteiger partial charge in [0.1, 0.15) is 23.1 Å². The van der Waals surface area contributed by atoms with Gasteiger partial charge >= 0.3 is 11.6 Å². The minimum atomic E-state index is -1.09. The maximum absolute atomic E-state index is 12.2. The fourth-order valence-electron chi connectivity index (χ4n) is 3.43. The van der Waals surface area contributed by atoms with Gasteiger partial charge in [0.2, 0.25) is 0 Å². The van der Waals surface area contributed by atoms with Gasteiger partial charge < -0.3 is 24.3 Å². The topological polar surface area (TPSA) is 115 Å². The molecule has 1 atom stereocenters. The normalized spacial score (nSPS) is 11.7. The van der Waals surface area contributed by atoms with Crippen molar-refractivity contribution in [1.29, 1.82) is 0 Å². The van der Waals surface area contributed by atoms with Crippen molar-refractivity contribution in [2.24, 2.45) is 0 Å². The molecule has 3 aromatic rings. The van der Waals surface area contributed by atoms with Crippen molar-refractivity contribution >= 4 is 22.8 Å². The fraction of sp³-hybridized carbons (Fsp3) is 0.292. The van der Waals surface area contributed by atoms with E-state index in [1.54, 1.807) is 26.2 Å². The number of amides is 1. The summed E-state index contributed by atoms with van der Waals surface area (Å²) >= 11 is 0. The number of carbonyl (C=O) groups is 2. The number of aryl methyl sites for hydroxylation is 1. The van der Waals surface area contributed by atoms with Crippen LogP contribution in [0.3, 0.4) is 0 Å². The zero-order valence-corrected chi connectivity index (χ0v) is 18.1. The van der Waals surface area contributed by atoms with Gasteiger partial charge in [-0.05, 0) is 48.7 Å². The van der Waals surface area contributed by atoms with E-state index in [0.29, 0.717) is 41.1 Å². The second-order valence-electron chi connectivity index (χ2n) is 7.31. The van der Waals surface area contributed by atoms with Crippen LogP contribution in [0.25, 0.3) is 22.1 Å². The van der Waals surface area contributed by atoms with Crippen molar-refractivity contribution in [3.63, 3.8) is 0 Å². The van der Waals surface area contributed by atoms with Gasteiger partial charge in [0.15, 0.2) is 6.61 Å². The summed E-state index contributed by atoms with van der Waals surface area (Å²) in [5.41, 5.74) is 1.94. The highest BCUT2D eigenvalue weighted by molar-refractivity contribution is 5.95. The van der Waals surface area contributed by atoms with Crippen LogP contribution < -0.4 is 20.4 Å². The van der Waals surface area contributed by atoms with Crippen molar-refractivity contribution < 1.29 is 28.6 Å². The lowest BCUT2D eigenvalue weighted by Crippen LogP contribution is -2.42. The van der Waals surface area contributed by atoms with Crippen LogP contribution in [0.15, 0.2) is 51.7 Å². The molecular weight excluding hydrogens is 414 g/mol. The molecule has 0 radical (unpaired) electrons. The number of hydrogen-bond acceptors (Lipinski definition) is 6. The van der Waals surface area contributed by atoms with Crippen LogP contribution in [0.4, 0.5) is 0 Å². The van der Waals surface area contributed by atoms with Crippen LogP contribution in [0, 0.1) is 6.92 Å². The molecule has 1 heterocycles. The van der Waals surface area contributed by atoms with E-state index in [9.17, 15) is 19.5 Å². The van der Waals surface area contributed by atoms with E-state index >= 15 is 0 Å². The molecule has 168 valence electrons. The van der Waals surface area contributed by atoms with Crippen LogP contribution in [-0.2, 0) is 9.59 Å². The average molecular weight is 439 g/mol. The van der Waals surface area contributed by atoms with E-state index in [1.807, 2.05) is 31.2 Å². The van der Waals surface area contributed by atoms with Gasteiger partial charge in [-0.2, -0.15) is 0 Å². The van der Waals surface area contributed by atoms with Gasteiger partial charge in [-0.25, -0.2) is 9.59 Å². The summed E-state index contributed by atoms with van der Waals surface area (Å²) in [5, 5.41) is 12.3. The summed E-state index contributed by atoms with van der Waals surface area (Å²) in [4.78, 5) is 35.6. The number of fused-ring (bicyclic) bond motifs is 1. The van der Waals surface area contributed by atoms with E-state index in [-0.39, 0.29) is 6.61 Å². The minimum Gasteiger partial charge on any atom is -0.497 e. The van der Waals surface area contributed by atoms with Gasteiger partial charge in [-0.1, -0.05) is 25.5 Å². The number of carboxylic acid groups (broad SMARTS) is 1. The molecule has 2 aromatic carbocycles. The number of hydrogen-bond donors (Lipinski definition) is 2. The predicted octanol–water partition coefficient (Wildman–Crippen LogP) is 3.53. The van der Waals surface area contributed by atoms with Crippen molar-refractivity contribution in [3.8, 4) is 22.6 Å². The second kappa shape index (κ2) is 10.00. The zero-order chi connectivity index (χ0) is 23.3. The van der Waals surface area contributed by atoms with Crippen LogP contribution >= 0.6 is 0 Å². The maximum Gasteiger partial charge on any atom is 0.336 e. The van der Waals surface area contributed by atoms with Crippen LogP contribution in [-0.4, -0.2) is 36.7 Å². The fourth-order valence-corrected chi connectivity index (χ4v) is 3.43. The molecule has 0 saturated heterocycles. The van der Waals surface area contributed by atoms with E-state index < -0.39 is 23.5 Å². The molecule has 0 aliphatic carbocycles. The predicted molar refractivity (Wildman–Crippen MR) is 119 cm³/mol. The molecule has 0 aliphatic heterocycles. The average Bonchev–Trinajstić information content (AvgIpc) is 2.78. The monoisotopic (exact) mass is 439 g/mol. The SMILES string of the molecule is CCCC(NC(=O)COc1ccc2c(-c3ccc(OC)cc3)cc(=O)oc2c1C)C(=O)O. The molecule has 0 aliphatic rings. The minimum absolute atomic E-state index is 0.329. The first-order valence-electron chi connectivity index (χ1n) is 10.2. The Kier molecular flexibility index (Phi) is 7.14. The van der Waals surface area contributed by atoms with Gasteiger partial charge in [0.25, 0.3) is 5.91 Å². The molecule has 1 aromatic heterocycles. The van der Waals surface area contributed by atoms with Crippen LogP contribution in [0.2, 0.25) is 0 Å². The van der Waals surface area contributed by atoms with Gasteiger partial charge in [-0.15, -0.1) is 0 Å². The van der Waals surface area contributed by atoms with E-state index in [2.05, 4.69) is 5.32 Å². The lowest BCUT2D eigenvalue weighted by atomic mass is 10.00. The Labute approximate surface area is 184 Å². The lowest BCUT2D eigenvalue weighted by Gasteiger charge is -2.15. The van der Waals surface area contributed by atoms with Gasteiger partial charge in [0, 0.05) is 17.0 Å². The molecule has 1 amide bonds. The summed E-state index contributed by atoms with van der Waals surface area (Å²) in [6.07, 6.45) is 0.951. The molecule has 2 N–H and O–H groups in total. The summed E-state index contributed by atoms with van der Waals surface area (Å²) < 4.78 is 16.2. The molecule has 3 rings (SSSR count). The molecule has 32 heavy (non-hydrogen) atoms. The smallest absolute Gasteiger partial charge is 0.336 e. The Morgan fingerprint density at radius 3 is 2.50 bits per heavy atom. The highest BCUT2D eigenvalue weighted by Crippen LogP contribution is 2.33. The third kappa shape index (κ3) is 5.08. The number of rotatable bonds is 9. The first kappa shape index (κ1) is 22.9. The van der Waals surface area contributed by atoms with E-state index in [0.717, 1.165) is 10.9 Å². The number of methoxy groups -OCH3 is 1. The van der Waals surface area contributed by atoms with Crippen molar-refractivity contribution in [2.45, 2.75) is 32.7 Å². The summed E-state index contributed by atoms with van der Waals surface area (Å²) in [7, 11) is 1.58. The number of ether oxygens (including phenoxy) is 2. The zero-order valence-electron chi connectivity index (χ0n) is 18.1. The Balaban J connectivity index is 1.86. The van der Waals surface area contributed by atoms with Crippen molar-refractivity contribution in [2.75, 3.05) is 13.7 Å². The Hall–Kier alpha value is -3.81.